The van der Waals surface area contributed by atoms with Gasteiger partial charge in [-0.05, 0) is 0 Å². The standard InChI is InChI=1S/C11H8N8/c1-2-19-10(15-7-16-19)5-18(1)11-13-4-8-9(17-11)3-12-6-14-8/h1-4,6-7H,5H2. The van der Waals surface area contributed by atoms with Crippen LogP contribution in [-0.4, -0.2) is 34.7 Å². The van der Waals surface area contributed by atoms with Crippen LogP contribution in [0.5, 0.6) is 0 Å². The van der Waals surface area contributed by atoms with Crippen LogP contribution in [-0.2, 0) is 6.54 Å². The molecule has 0 spiro atoms. The first-order valence-electron chi connectivity index (χ1n) is 5.66. The molecule has 8 nitrogen and oxygen atoms in total. The molecule has 8 heteroatoms. The zero-order valence-corrected chi connectivity index (χ0v) is 9.75. The van der Waals surface area contributed by atoms with E-state index < -0.39 is 0 Å². The molecule has 1 aliphatic heterocycles. The minimum Gasteiger partial charge on any atom is -0.308 e. The van der Waals surface area contributed by atoms with Gasteiger partial charge < -0.3 is 4.90 Å². The largest absolute Gasteiger partial charge is 0.308 e. The number of hydrogen-bond acceptors (Lipinski definition) is 7. The molecular formula is C11H8N8. The van der Waals surface area contributed by atoms with E-state index in [1.165, 1.54) is 12.7 Å². The summed E-state index contributed by atoms with van der Waals surface area (Å²) in [5.74, 6) is 1.43. The van der Waals surface area contributed by atoms with Gasteiger partial charge in [-0.2, -0.15) is 5.10 Å². The lowest BCUT2D eigenvalue weighted by molar-refractivity contribution is 0.761. The Morgan fingerprint density at radius 1 is 0.947 bits per heavy atom. The van der Waals surface area contributed by atoms with Crippen molar-refractivity contribution < 1.29 is 0 Å². The van der Waals surface area contributed by atoms with Gasteiger partial charge in [-0.15, -0.1) is 0 Å². The van der Waals surface area contributed by atoms with Crippen molar-refractivity contribution in [2.45, 2.75) is 6.54 Å². The summed E-state index contributed by atoms with van der Waals surface area (Å²) >= 11 is 0. The molecule has 0 bridgehead atoms. The molecule has 0 aromatic carbocycles. The molecule has 0 saturated carbocycles. The second-order valence-corrected chi connectivity index (χ2v) is 4.01. The van der Waals surface area contributed by atoms with Crippen LogP contribution in [0.4, 0.5) is 5.95 Å². The monoisotopic (exact) mass is 252 g/mol. The predicted molar refractivity (Wildman–Crippen MR) is 66.7 cm³/mol. The van der Waals surface area contributed by atoms with Crippen molar-refractivity contribution >= 4 is 23.2 Å². The average molecular weight is 252 g/mol. The molecule has 0 saturated heterocycles. The summed E-state index contributed by atoms with van der Waals surface area (Å²) in [6.07, 6.45) is 10.1. The van der Waals surface area contributed by atoms with Crippen LogP contribution in [0.3, 0.4) is 0 Å². The maximum atomic E-state index is 4.44. The van der Waals surface area contributed by atoms with Crippen molar-refractivity contribution in [2.75, 3.05) is 4.90 Å². The predicted octanol–water partition coefficient (Wildman–Crippen LogP) is 0.460. The van der Waals surface area contributed by atoms with Crippen LogP contribution in [0, 0.1) is 0 Å². The maximum absolute atomic E-state index is 4.44. The number of fused-ring (bicyclic) bond motifs is 2. The van der Waals surface area contributed by atoms with Crippen molar-refractivity contribution in [1.29, 1.82) is 0 Å². The highest BCUT2D eigenvalue weighted by molar-refractivity contribution is 5.73. The third-order valence-corrected chi connectivity index (χ3v) is 2.85. The Morgan fingerprint density at radius 2 is 1.95 bits per heavy atom. The molecule has 0 aliphatic carbocycles. The summed E-state index contributed by atoms with van der Waals surface area (Å²) < 4.78 is 1.72. The summed E-state index contributed by atoms with van der Waals surface area (Å²) in [6, 6.07) is 0. The van der Waals surface area contributed by atoms with E-state index in [1.54, 1.807) is 17.1 Å². The summed E-state index contributed by atoms with van der Waals surface area (Å²) in [4.78, 5) is 22.9. The summed E-state index contributed by atoms with van der Waals surface area (Å²) in [7, 11) is 0. The van der Waals surface area contributed by atoms with Crippen LogP contribution in [0.25, 0.3) is 17.2 Å². The van der Waals surface area contributed by atoms with Crippen molar-refractivity contribution in [3.05, 3.63) is 37.1 Å². The lowest BCUT2D eigenvalue weighted by Crippen LogP contribution is -2.24. The van der Waals surface area contributed by atoms with Crippen molar-refractivity contribution in [1.82, 2.24) is 34.7 Å². The lowest BCUT2D eigenvalue weighted by Gasteiger charge is -2.20. The van der Waals surface area contributed by atoms with E-state index in [-0.39, 0.29) is 0 Å². The van der Waals surface area contributed by atoms with E-state index in [4.69, 9.17) is 0 Å². The first kappa shape index (κ1) is 10.1. The minimum atomic E-state index is 0.579. The van der Waals surface area contributed by atoms with Gasteiger partial charge in [-0.1, -0.05) is 0 Å². The Balaban J connectivity index is 1.75. The first-order chi connectivity index (χ1) is 9.40. The normalized spacial score (nSPS) is 13.8. The summed E-state index contributed by atoms with van der Waals surface area (Å²) in [5.41, 5.74) is 1.44. The SMILES string of the molecule is C1=Cn2ncnc2CN1c1ncc2ncncc2n1. The van der Waals surface area contributed by atoms with Crippen LogP contribution < -0.4 is 4.90 Å². The molecule has 19 heavy (non-hydrogen) atoms. The van der Waals surface area contributed by atoms with Crippen LogP contribution in [0.1, 0.15) is 5.82 Å². The molecule has 3 aromatic rings. The van der Waals surface area contributed by atoms with Gasteiger partial charge in [0.25, 0.3) is 0 Å². The van der Waals surface area contributed by atoms with Gasteiger partial charge in [-0.3, -0.25) is 0 Å². The number of rotatable bonds is 1. The molecule has 0 fully saturated rings. The second-order valence-electron chi connectivity index (χ2n) is 4.01. The maximum Gasteiger partial charge on any atom is 0.230 e. The fraction of sp³-hybridized carbons (Fsp3) is 0.0909. The summed E-state index contributed by atoms with van der Waals surface area (Å²) in [6.45, 7) is 0.579. The Bertz CT molecular complexity index is 777. The molecule has 0 radical (unpaired) electrons. The van der Waals surface area contributed by atoms with Crippen molar-refractivity contribution in [3.8, 4) is 0 Å². The average Bonchev–Trinajstić information content (AvgIpc) is 2.94. The Hall–Kier alpha value is -2.90. The molecule has 1 aliphatic rings. The van der Waals surface area contributed by atoms with Gasteiger partial charge in [0.05, 0.1) is 18.9 Å². The van der Waals surface area contributed by atoms with Crippen LogP contribution in [0.15, 0.2) is 31.2 Å². The Kier molecular flexibility index (Phi) is 2.01. The zero-order valence-electron chi connectivity index (χ0n) is 9.75. The third kappa shape index (κ3) is 1.61. The lowest BCUT2D eigenvalue weighted by atomic mass is 10.4. The Labute approximate surface area is 107 Å². The van der Waals surface area contributed by atoms with Gasteiger partial charge in [0.15, 0.2) is 5.82 Å². The fourth-order valence-corrected chi connectivity index (χ4v) is 1.91. The van der Waals surface area contributed by atoms with E-state index >= 15 is 0 Å². The van der Waals surface area contributed by atoms with E-state index in [0.29, 0.717) is 18.0 Å². The van der Waals surface area contributed by atoms with E-state index in [0.717, 1.165) is 11.3 Å². The van der Waals surface area contributed by atoms with Crippen molar-refractivity contribution in [2.24, 2.45) is 0 Å². The zero-order chi connectivity index (χ0) is 12.7. The number of hydrogen-bond donors (Lipinski definition) is 0. The van der Waals surface area contributed by atoms with Gasteiger partial charge in [0, 0.05) is 12.4 Å². The highest BCUT2D eigenvalue weighted by atomic mass is 15.4. The minimum absolute atomic E-state index is 0.579. The van der Waals surface area contributed by atoms with Gasteiger partial charge in [0.2, 0.25) is 5.95 Å². The second kappa shape index (κ2) is 3.80. The first-order valence-corrected chi connectivity index (χ1v) is 5.66. The molecule has 3 aromatic heterocycles. The van der Waals surface area contributed by atoms with Gasteiger partial charge in [-0.25, -0.2) is 29.6 Å². The number of nitrogens with zero attached hydrogens (tertiary/aromatic N) is 8. The number of aromatic nitrogens is 7. The molecule has 4 heterocycles. The third-order valence-electron chi connectivity index (χ3n) is 2.85. The molecule has 92 valence electrons. The van der Waals surface area contributed by atoms with E-state index in [1.807, 2.05) is 17.3 Å². The molecule has 0 N–H and O–H groups in total. The highest BCUT2D eigenvalue weighted by Crippen LogP contribution is 2.17. The van der Waals surface area contributed by atoms with Gasteiger partial charge >= 0.3 is 0 Å². The molecule has 0 unspecified atom stereocenters. The smallest absolute Gasteiger partial charge is 0.230 e. The molecular weight excluding hydrogens is 244 g/mol. The molecule has 0 atom stereocenters. The van der Waals surface area contributed by atoms with Crippen LogP contribution >= 0.6 is 0 Å². The van der Waals surface area contributed by atoms with Crippen LogP contribution in [0.2, 0.25) is 0 Å². The summed E-state index contributed by atoms with van der Waals surface area (Å²) in [5, 5.41) is 4.07. The highest BCUT2D eigenvalue weighted by Gasteiger charge is 2.16. The van der Waals surface area contributed by atoms with E-state index in [9.17, 15) is 0 Å². The molecule has 4 rings (SSSR count). The Morgan fingerprint density at radius 3 is 2.95 bits per heavy atom. The topological polar surface area (TPSA) is 85.5 Å². The van der Waals surface area contributed by atoms with Gasteiger partial charge in [0.1, 0.15) is 23.7 Å². The number of anilines is 1. The van der Waals surface area contributed by atoms with E-state index in [2.05, 4.69) is 30.0 Å². The molecule has 0 amide bonds. The quantitative estimate of drug-likeness (QED) is 0.621. The fourth-order valence-electron chi connectivity index (χ4n) is 1.91. The van der Waals surface area contributed by atoms with Crippen molar-refractivity contribution in [3.63, 3.8) is 0 Å².